The van der Waals surface area contributed by atoms with Crippen LogP contribution in [0, 0.1) is 0 Å². The first-order chi connectivity index (χ1) is 22.5. The summed E-state index contributed by atoms with van der Waals surface area (Å²) < 4.78 is 17.2. The topological polar surface area (TPSA) is 183 Å². The van der Waals surface area contributed by atoms with E-state index >= 15 is 0 Å². The summed E-state index contributed by atoms with van der Waals surface area (Å²) in [6.07, 6.45) is -5.81. The van der Waals surface area contributed by atoms with Crippen LogP contribution in [0.5, 0.6) is 17.2 Å². The summed E-state index contributed by atoms with van der Waals surface area (Å²) in [5, 5.41) is 63.0. The zero-order valence-corrected chi connectivity index (χ0v) is 26.7. The van der Waals surface area contributed by atoms with E-state index in [-0.39, 0.29) is 40.3 Å². The number of piperazine rings is 2. The zero-order valence-electron chi connectivity index (χ0n) is 26.7. The van der Waals surface area contributed by atoms with E-state index in [9.17, 15) is 35.4 Å². The fraction of sp³-hybridized carbons (Fsp3) is 0.545. The molecule has 4 heterocycles. The number of likely N-dealkylation sites (N-methyl/N-ethyl adjacent to an activating group) is 2. The van der Waals surface area contributed by atoms with E-state index in [1.54, 1.807) is 12.1 Å². The van der Waals surface area contributed by atoms with Crippen LogP contribution in [0.1, 0.15) is 11.1 Å². The molecule has 3 aliphatic rings. The molecule has 6 N–H and O–H groups in total. The molecule has 0 radical (unpaired) electrons. The Kier molecular flexibility index (Phi) is 10.0. The first-order valence-electron chi connectivity index (χ1n) is 16.0. The van der Waals surface area contributed by atoms with Crippen molar-refractivity contribution in [3.8, 4) is 28.4 Å². The molecule has 2 aromatic carbocycles. The number of aromatic hydroxyl groups is 2. The number of nitrogens with zero attached hydrogens (tertiary/aromatic N) is 4. The molecule has 14 heteroatoms. The minimum absolute atomic E-state index is 0.00944. The Hall–Kier alpha value is -3.31. The normalized spacial score (nSPS) is 27.0. The first kappa shape index (κ1) is 33.6. The Morgan fingerprint density at radius 1 is 0.787 bits per heavy atom. The van der Waals surface area contributed by atoms with Crippen LogP contribution < -0.4 is 10.2 Å². The summed E-state index contributed by atoms with van der Waals surface area (Å²) in [6, 6.07) is 6.28. The first-order valence-corrected chi connectivity index (χ1v) is 16.0. The summed E-state index contributed by atoms with van der Waals surface area (Å²) in [7, 11) is 4.12. The average Bonchev–Trinajstić information content (AvgIpc) is 3.07. The summed E-state index contributed by atoms with van der Waals surface area (Å²) in [5.41, 5.74) is 1.13. The van der Waals surface area contributed by atoms with Crippen molar-refractivity contribution in [1.29, 1.82) is 0 Å². The van der Waals surface area contributed by atoms with Crippen LogP contribution in [0.15, 0.2) is 39.7 Å². The van der Waals surface area contributed by atoms with Crippen molar-refractivity contribution in [2.24, 2.45) is 0 Å². The van der Waals surface area contributed by atoms with Gasteiger partial charge in [0, 0.05) is 65.4 Å². The summed E-state index contributed by atoms with van der Waals surface area (Å²) in [6.45, 7) is 6.59. The molecular weight excluding hydrogens is 612 g/mol. The Balaban J connectivity index is 1.33. The highest BCUT2D eigenvalue weighted by Crippen LogP contribution is 2.41. The number of aliphatic hydroxyl groups excluding tert-OH is 4. The highest BCUT2D eigenvalue weighted by molar-refractivity contribution is 5.92. The van der Waals surface area contributed by atoms with Crippen molar-refractivity contribution in [2.75, 3.05) is 73.1 Å². The van der Waals surface area contributed by atoms with Crippen molar-refractivity contribution in [1.82, 2.24) is 19.6 Å². The number of aliphatic hydroxyl groups is 4. The highest BCUT2D eigenvalue weighted by Gasteiger charge is 2.44. The van der Waals surface area contributed by atoms with E-state index < -0.39 is 42.7 Å². The predicted octanol–water partition coefficient (Wildman–Crippen LogP) is -0.455. The molecule has 0 unspecified atom stereocenters. The van der Waals surface area contributed by atoms with Crippen LogP contribution in [0.3, 0.4) is 0 Å². The van der Waals surface area contributed by atoms with E-state index in [2.05, 4.69) is 33.7 Å². The van der Waals surface area contributed by atoms with Crippen LogP contribution in [0.4, 0.5) is 0 Å². The third kappa shape index (κ3) is 6.84. The quantitative estimate of drug-likeness (QED) is 0.183. The van der Waals surface area contributed by atoms with Crippen molar-refractivity contribution >= 4 is 11.0 Å². The lowest BCUT2D eigenvalue weighted by Crippen LogP contribution is -2.60. The van der Waals surface area contributed by atoms with Gasteiger partial charge in [0.15, 0.2) is 0 Å². The Morgan fingerprint density at radius 2 is 1.36 bits per heavy atom. The molecule has 3 saturated heterocycles. The van der Waals surface area contributed by atoms with Gasteiger partial charge in [0.05, 0.1) is 23.3 Å². The molecule has 256 valence electrons. The minimum Gasteiger partial charge on any atom is -0.507 e. The maximum atomic E-state index is 14.1. The van der Waals surface area contributed by atoms with Crippen LogP contribution in [0.25, 0.3) is 22.1 Å². The van der Waals surface area contributed by atoms with Gasteiger partial charge in [0.2, 0.25) is 11.7 Å². The van der Waals surface area contributed by atoms with Crippen molar-refractivity contribution < 1.29 is 44.5 Å². The molecule has 0 bridgehead atoms. The van der Waals surface area contributed by atoms with Crippen molar-refractivity contribution in [3.63, 3.8) is 0 Å². The van der Waals surface area contributed by atoms with Gasteiger partial charge in [0.25, 0.3) is 0 Å². The molecule has 3 fully saturated rings. The molecule has 0 aliphatic carbocycles. The van der Waals surface area contributed by atoms with E-state index in [1.165, 1.54) is 18.4 Å². The second kappa shape index (κ2) is 14.0. The fourth-order valence-electron chi connectivity index (χ4n) is 6.42. The number of hydrogen-bond acceptors (Lipinski definition) is 14. The van der Waals surface area contributed by atoms with E-state index in [0.717, 1.165) is 52.4 Å². The molecule has 0 spiro atoms. The monoisotopic (exact) mass is 656 g/mol. The van der Waals surface area contributed by atoms with E-state index in [1.807, 2.05) is 0 Å². The third-order valence-corrected chi connectivity index (χ3v) is 9.58. The minimum atomic E-state index is -1.58. The Labute approximate surface area is 272 Å². The fourth-order valence-corrected chi connectivity index (χ4v) is 6.42. The Morgan fingerprint density at radius 3 is 1.94 bits per heavy atom. The summed E-state index contributed by atoms with van der Waals surface area (Å²) in [5.74, 6) is -0.116. The maximum Gasteiger partial charge on any atom is 0.229 e. The number of phenolic OH excluding ortho intramolecular Hbond substituents is 2. The van der Waals surface area contributed by atoms with Gasteiger partial charge in [-0.25, -0.2) is 0 Å². The number of benzene rings is 2. The molecule has 3 aliphatic heterocycles. The molecule has 0 amide bonds. The molecule has 3 aromatic rings. The van der Waals surface area contributed by atoms with Gasteiger partial charge in [-0.1, -0.05) is 12.1 Å². The number of fused-ring (bicyclic) bond motifs is 1. The highest BCUT2D eigenvalue weighted by atomic mass is 16.7. The second-order valence-corrected chi connectivity index (χ2v) is 12.8. The number of rotatable bonds is 8. The molecular formula is C33H44N4O10. The predicted molar refractivity (Wildman–Crippen MR) is 171 cm³/mol. The van der Waals surface area contributed by atoms with E-state index in [4.69, 9.17) is 13.9 Å². The van der Waals surface area contributed by atoms with Gasteiger partial charge in [-0.2, -0.15) is 0 Å². The van der Waals surface area contributed by atoms with Crippen LogP contribution in [-0.2, 0) is 17.8 Å². The number of phenols is 2. The van der Waals surface area contributed by atoms with Crippen molar-refractivity contribution in [2.45, 2.75) is 43.8 Å². The zero-order chi connectivity index (χ0) is 33.4. The molecule has 14 nitrogen and oxygen atoms in total. The van der Waals surface area contributed by atoms with Crippen molar-refractivity contribution in [3.05, 3.63) is 51.9 Å². The second-order valence-electron chi connectivity index (χ2n) is 12.8. The Bertz CT molecular complexity index is 1600. The van der Waals surface area contributed by atoms with Crippen LogP contribution >= 0.6 is 0 Å². The lowest BCUT2D eigenvalue weighted by Gasteiger charge is -2.39. The lowest BCUT2D eigenvalue weighted by molar-refractivity contribution is -0.277. The maximum absolute atomic E-state index is 14.1. The van der Waals surface area contributed by atoms with Crippen LogP contribution in [0.2, 0.25) is 0 Å². The van der Waals surface area contributed by atoms with Gasteiger partial charge in [-0.3, -0.25) is 14.6 Å². The standard InChI is InChI=1S/C33H44N4O10/c1-34-7-11-36(12-8-34)15-21-26(39)22(16-37-13-9-35(2)10-14-37)32-25(27(21)40)28(41)23(18-45-32)19-3-5-20(6-4-19)46-33-31(44)30(43)29(42)24(17-38)47-33/h3-6,18,24,29-31,33,38-40,42-44H,7-17H2,1-2H3/t24-,29-,30+,31-,33-/m0/s1. The average molecular weight is 657 g/mol. The molecule has 6 rings (SSSR count). The molecule has 5 atom stereocenters. The molecule has 1 aromatic heterocycles. The van der Waals surface area contributed by atoms with Gasteiger partial charge in [-0.05, 0) is 31.8 Å². The molecule has 0 saturated carbocycles. The molecule has 47 heavy (non-hydrogen) atoms. The lowest BCUT2D eigenvalue weighted by atomic mass is 9.98. The largest absolute Gasteiger partial charge is 0.507 e. The number of ether oxygens (including phenoxy) is 2. The van der Waals surface area contributed by atoms with Gasteiger partial charge in [0.1, 0.15) is 58.9 Å². The van der Waals surface area contributed by atoms with Crippen LogP contribution in [-0.4, -0.2) is 154 Å². The third-order valence-electron chi connectivity index (χ3n) is 9.58. The summed E-state index contributed by atoms with van der Waals surface area (Å²) >= 11 is 0. The van der Waals surface area contributed by atoms with Gasteiger partial charge >= 0.3 is 0 Å². The van der Waals surface area contributed by atoms with Gasteiger partial charge in [-0.15, -0.1) is 0 Å². The number of hydrogen-bond donors (Lipinski definition) is 6. The van der Waals surface area contributed by atoms with E-state index in [0.29, 0.717) is 23.2 Å². The van der Waals surface area contributed by atoms with Gasteiger partial charge < -0.3 is 54.3 Å². The summed E-state index contributed by atoms with van der Waals surface area (Å²) in [4.78, 5) is 22.9. The smallest absolute Gasteiger partial charge is 0.229 e. The SMILES string of the molecule is CN1CCN(Cc2c(O)c(CN3CCN(C)CC3)c3occ(-c4ccc(O[C@H]5O[C@@H](CO)[C@H](O)[C@@H](O)[C@@H]5O)cc4)c(=O)c3c2O)CC1.